The second-order valence-electron chi connectivity index (χ2n) is 3.19. The molecule has 0 fully saturated rings. The van der Waals surface area contributed by atoms with Crippen LogP contribution in [-0.4, -0.2) is 9.78 Å². The molecule has 0 spiro atoms. The van der Waals surface area contributed by atoms with Crippen LogP contribution in [0, 0.1) is 11.6 Å². The van der Waals surface area contributed by atoms with Crippen molar-refractivity contribution in [3.05, 3.63) is 36.0 Å². The van der Waals surface area contributed by atoms with Crippen LogP contribution in [0.15, 0.2) is 24.4 Å². The Kier molecular flexibility index (Phi) is 2.15. The van der Waals surface area contributed by atoms with Crippen LogP contribution >= 0.6 is 0 Å². The standard InChI is InChI=1S/C10H9F2N3/c1-15-10(2-3-14-15)6-4-8(12)9(13)5-7(6)11/h2-5H,13H2,1H3. The Bertz CT molecular complexity index is 505. The third-order valence-corrected chi connectivity index (χ3v) is 2.18. The predicted octanol–water partition coefficient (Wildman–Crippen LogP) is 1.95. The molecule has 0 saturated heterocycles. The lowest BCUT2D eigenvalue weighted by molar-refractivity contribution is 0.605. The number of anilines is 1. The molecule has 1 aromatic carbocycles. The van der Waals surface area contributed by atoms with Gasteiger partial charge in [-0.15, -0.1) is 0 Å². The maximum atomic E-state index is 13.5. The molecule has 1 aromatic heterocycles. The molecular formula is C10H9F2N3. The van der Waals surface area contributed by atoms with E-state index in [0.717, 1.165) is 12.1 Å². The van der Waals surface area contributed by atoms with Crippen LogP contribution in [0.25, 0.3) is 11.3 Å². The minimum absolute atomic E-state index is 0.154. The normalized spacial score (nSPS) is 10.6. The number of benzene rings is 1. The van der Waals surface area contributed by atoms with E-state index in [-0.39, 0.29) is 11.3 Å². The number of aromatic nitrogens is 2. The largest absolute Gasteiger partial charge is 0.396 e. The molecule has 0 aliphatic rings. The maximum absolute atomic E-state index is 13.5. The topological polar surface area (TPSA) is 43.8 Å². The van der Waals surface area contributed by atoms with Gasteiger partial charge in [-0.05, 0) is 12.1 Å². The summed E-state index contributed by atoms with van der Waals surface area (Å²) in [4.78, 5) is 0. The van der Waals surface area contributed by atoms with Crippen molar-refractivity contribution in [2.24, 2.45) is 7.05 Å². The first-order chi connectivity index (χ1) is 7.09. The summed E-state index contributed by atoms with van der Waals surface area (Å²) in [6.45, 7) is 0. The van der Waals surface area contributed by atoms with Crippen molar-refractivity contribution in [3.63, 3.8) is 0 Å². The lowest BCUT2D eigenvalue weighted by Gasteiger charge is -2.05. The van der Waals surface area contributed by atoms with Crippen LogP contribution in [-0.2, 0) is 7.05 Å². The Morgan fingerprint density at radius 2 is 2.00 bits per heavy atom. The third-order valence-electron chi connectivity index (χ3n) is 2.18. The molecule has 15 heavy (non-hydrogen) atoms. The summed E-state index contributed by atoms with van der Waals surface area (Å²) in [7, 11) is 1.66. The van der Waals surface area contributed by atoms with Crippen molar-refractivity contribution in [3.8, 4) is 11.3 Å². The maximum Gasteiger partial charge on any atom is 0.146 e. The summed E-state index contributed by atoms with van der Waals surface area (Å²) in [5, 5.41) is 3.88. The molecule has 78 valence electrons. The molecule has 2 rings (SSSR count). The molecule has 2 aromatic rings. The minimum atomic E-state index is -0.632. The average molecular weight is 209 g/mol. The Morgan fingerprint density at radius 1 is 1.27 bits per heavy atom. The first kappa shape index (κ1) is 9.64. The van der Waals surface area contributed by atoms with Crippen molar-refractivity contribution >= 4 is 5.69 Å². The number of aryl methyl sites for hydroxylation is 1. The smallest absolute Gasteiger partial charge is 0.146 e. The minimum Gasteiger partial charge on any atom is -0.396 e. The molecule has 0 saturated carbocycles. The lowest BCUT2D eigenvalue weighted by atomic mass is 10.1. The zero-order chi connectivity index (χ0) is 11.0. The Balaban J connectivity index is 2.64. The van der Waals surface area contributed by atoms with Crippen molar-refractivity contribution in [2.75, 3.05) is 5.73 Å². The molecule has 2 N–H and O–H groups in total. The first-order valence-corrected chi connectivity index (χ1v) is 4.32. The van der Waals surface area contributed by atoms with E-state index in [1.807, 2.05) is 0 Å². The van der Waals surface area contributed by atoms with E-state index in [2.05, 4.69) is 5.10 Å². The molecule has 0 atom stereocenters. The molecule has 0 amide bonds. The molecule has 0 aliphatic carbocycles. The Labute approximate surface area is 85.1 Å². The fourth-order valence-corrected chi connectivity index (χ4v) is 1.40. The van der Waals surface area contributed by atoms with Crippen molar-refractivity contribution in [2.45, 2.75) is 0 Å². The molecule has 0 aliphatic heterocycles. The number of nitrogens with two attached hydrogens (primary N) is 1. The Morgan fingerprint density at radius 3 is 2.60 bits per heavy atom. The SMILES string of the molecule is Cn1nccc1-c1cc(F)c(N)cc1F. The molecule has 0 radical (unpaired) electrons. The molecule has 1 heterocycles. The van der Waals surface area contributed by atoms with Gasteiger partial charge in [0.2, 0.25) is 0 Å². The molecular weight excluding hydrogens is 200 g/mol. The van der Waals surface area contributed by atoms with Crippen LogP contribution in [0.2, 0.25) is 0 Å². The molecule has 0 unspecified atom stereocenters. The number of rotatable bonds is 1. The number of nitrogen functional groups attached to an aromatic ring is 1. The zero-order valence-electron chi connectivity index (χ0n) is 8.04. The van der Waals surface area contributed by atoms with Crippen LogP contribution in [0.4, 0.5) is 14.5 Å². The van der Waals surface area contributed by atoms with Gasteiger partial charge in [0, 0.05) is 24.9 Å². The second kappa shape index (κ2) is 3.34. The van der Waals surface area contributed by atoms with E-state index in [9.17, 15) is 8.78 Å². The van der Waals surface area contributed by atoms with Gasteiger partial charge in [-0.25, -0.2) is 8.78 Å². The van der Waals surface area contributed by atoms with Gasteiger partial charge in [-0.3, -0.25) is 4.68 Å². The molecule has 0 bridgehead atoms. The highest BCUT2D eigenvalue weighted by atomic mass is 19.1. The van der Waals surface area contributed by atoms with Gasteiger partial charge in [-0.2, -0.15) is 5.10 Å². The predicted molar refractivity (Wildman–Crippen MR) is 53.0 cm³/mol. The van der Waals surface area contributed by atoms with Gasteiger partial charge in [0.05, 0.1) is 11.4 Å². The van der Waals surface area contributed by atoms with Gasteiger partial charge in [0.15, 0.2) is 0 Å². The van der Waals surface area contributed by atoms with Gasteiger partial charge < -0.3 is 5.73 Å². The molecule has 3 nitrogen and oxygen atoms in total. The van der Waals surface area contributed by atoms with E-state index < -0.39 is 11.6 Å². The van der Waals surface area contributed by atoms with Crippen LogP contribution < -0.4 is 5.73 Å². The van der Waals surface area contributed by atoms with Crippen molar-refractivity contribution in [1.29, 1.82) is 0 Å². The Hall–Kier alpha value is -1.91. The van der Waals surface area contributed by atoms with Gasteiger partial charge in [-0.1, -0.05) is 0 Å². The number of nitrogens with zero attached hydrogens (tertiary/aromatic N) is 2. The van der Waals surface area contributed by atoms with Crippen LogP contribution in [0.5, 0.6) is 0 Å². The highest BCUT2D eigenvalue weighted by Crippen LogP contribution is 2.25. The van der Waals surface area contributed by atoms with E-state index in [4.69, 9.17) is 5.73 Å². The average Bonchev–Trinajstić information content (AvgIpc) is 2.58. The summed E-state index contributed by atoms with van der Waals surface area (Å²) < 4.78 is 28.1. The van der Waals surface area contributed by atoms with Crippen LogP contribution in [0.3, 0.4) is 0 Å². The fourth-order valence-electron chi connectivity index (χ4n) is 1.40. The highest BCUT2D eigenvalue weighted by molar-refractivity contribution is 5.63. The summed E-state index contributed by atoms with van der Waals surface area (Å²) in [6.07, 6.45) is 1.52. The van der Waals surface area contributed by atoms with E-state index in [1.165, 1.54) is 10.9 Å². The van der Waals surface area contributed by atoms with Gasteiger partial charge >= 0.3 is 0 Å². The summed E-state index contributed by atoms with van der Waals surface area (Å²) in [6, 6.07) is 3.65. The van der Waals surface area contributed by atoms with E-state index in [0.29, 0.717) is 5.69 Å². The van der Waals surface area contributed by atoms with Crippen molar-refractivity contribution < 1.29 is 8.78 Å². The monoisotopic (exact) mass is 209 g/mol. The summed E-state index contributed by atoms with van der Waals surface area (Å²) >= 11 is 0. The summed E-state index contributed by atoms with van der Waals surface area (Å²) in [5.74, 6) is -1.19. The van der Waals surface area contributed by atoms with Gasteiger partial charge in [0.25, 0.3) is 0 Å². The van der Waals surface area contributed by atoms with E-state index >= 15 is 0 Å². The summed E-state index contributed by atoms with van der Waals surface area (Å²) in [5.41, 5.74) is 5.71. The molecule has 5 heteroatoms. The van der Waals surface area contributed by atoms with E-state index in [1.54, 1.807) is 13.1 Å². The first-order valence-electron chi connectivity index (χ1n) is 4.32. The van der Waals surface area contributed by atoms with Gasteiger partial charge in [0.1, 0.15) is 11.6 Å². The lowest BCUT2D eigenvalue weighted by Crippen LogP contribution is -1.98. The third kappa shape index (κ3) is 1.56. The number of hydrogen-bond acceptors (Lipinski definition) is 2. The number of hydrogen-bond donors (Lipinski definition) is 1. The number of halogens is 2. The fraction of sp³-hybridized carbons (Fsp3) is 0.100. The van der Waals surface area contributed by atoms with Crippen LogP contribution in [0.1, 0.15) is 0 Å². The quantitative estimate of drug-likeness (QED) is 0.729. The zero-order valence-corrected chi connectivity index (χ0v) is 8.04. The highest BCUT2D eigenvalue weighted by Gasteiger charge is 2.12. The van der Waals surface area contributed by atoms with Crippen molar-refractivity contribution in [1.82, 2.24) is 9.78 Å². The second-order valence-corrected chi connectivity index (χ2v) is 3.19.